The van der Waals surface area contributed by atoms with Gasteiger partial charge in [0.15, 0.2) is 5.65 Å². The van der Waals surface area contributed by atoms with E-state index in [2.05, 4.69) is 53.5 Å². The lowest BCUT2D eigenvalue weighted by Gasteiger charge is -2.50. The summed E-state index contributed by atoms with van der Waals surface area (Å²) >= 11 is 19.7. The van der Waals surface area contributed by atoms with Crippen LogP contribution in [0.4, 0.5) is 5.82 Å². The number of aliphatic hydroxyl groups excluding tert-OH is 1. The molecule has 0 radical (unpaired) electrons. The molecule has 10 heteroatoms. The van der Waals surface area contributed by atoms with Crippen LogP contribution in [0.5, 0.6) is 0 Å². The average molecular weight is 713 g/mol. The third kappa shape index (κ3) is 6.92. The molecule has 2 unspecified atom stereocenters. The molecule has 1 aliphatic rings. The minimum atomic E-state index is -0.709. The third-order valence-electron chi connectivity index (χ3n) is 9.75. The van der Waals surface area contributed by atoms with Gasteiger partial charge in [-0.05, 0) is 59.8 Å². The monoisotopic (exact) mass is 711 g/mol. The summed E-state index contributed by atoms with van der Waals surface area (Å²) in [5.41, 5.74) is 7.80. The Kier molecular flexibility index (Phi) is 9.92. The fourth-order valence-electron chi connectivity index (χ4n) is 7.13. The lowest BCUT2D eigenvalue weighted by molar-refractivity contribution is -0.0922. The molecule has 0 aliphatic heterocycles. The minimum Gasteiger partial charge on any atom is -0.511 e. The van der Waals surface area contributed by atoms with Gasteiger partial charge in [-0.1, -0.05) is 119 Å². The number of carbonyl (C=O) groups excluding carboxylic acids is 1. The first-order chi connectivity index (χ1) is 22.3. The number of nitrogens with zero attached hydrogens (tertiary/aromatic N) is 2. The van der Waals surface area contributed by atoms with Crippen molar-refractivity contribution in [3.05, 3.63) is 89.9 Å². The van der Waals surface area contributed by atoms with Crippen LogP contribution in [-0.4, -0.2) is 26.6 Å². The molecule has 4 aromatic rings. The molecular formula is C38H44Cl3N3O4. The van der Waals surface area contributed by atoms with Gasteiger partial charge in [-0.25, -0.2) is 14.2 Å². The molecule has 1 fully saturated rings. The van der Waals surface area contributed by atoms with Gasteiger partial charge >= 0.3 is 5.97 Å². The molecule has 48 heavy (non-hydrogen) atoms. The van der Waals surface area contributed by atoms with Crippen LogP contribution in [-0.2, 0) is 11.2 Å². The maximum Gasteiger partial charge on any atom is 0.342 e. The molecule has 2 aromatic heterocycles. The third-order valence-corrected chi connectivity index (χ3v) is 10.9. The molecule has 1 saturated carbocycles. The number of anilines is 1. The van der Waals surface area contributed by atoms with Gasteiger partial charge in [0.1, 0.15) is 33.6 Å². The molecule has 3 N–H and O–H groups in total. The molecule has 0 saturated heterocycles. The van der Waals surface area contributed by atoms with E-state index in [9.17, 15) is 14.7 Å². The van der Waals surface area contributed by atoms with E-state index >= 15 is 0 Å². The van der Waals surface area contributed by atoms with Crippen molar-refractivity contribution in [2.45, 2.75) is 80.8 Å². The first-order valence-corrected chi connectivity index (χ1v) is 17.4. The standard InChI is InChI=1S/C38H44Cl3N3O4/c1-19-9-11-21(12-10-19)17-27(45)29-33(42)43-34-30(28(32(41)44(34)35(29)46)22-13-14-25(39)26(40)18-22)36(47)48-31-23(37(3,4)5)15-20(2)16-24(31)38(6,7)8/h9-14,18,20,23-24,31,45H,15-17H2,1-8H3,(H2,42,43)/b29-27+. The number of nitrogen functional groups attached to an aromatic ring is 1. The largest absolute Gasteiger partial charge is 0.511 e. The van der Waals surface area contributed by atoms with Crippen LogP contribution in [0, 0.1) is 35.5 Å². The number of aromatic nitrogens is 2. The Bertz CT molecular complexity index is 1970. The molecule has 0 bridgehead atoms. The molecule has 1 aliphatic carbocycles. The number of fused-ring (bicyclic) bond motifs is 1. The van der Waals surface area contributed by atoms with Crippen LogP contribution in [0.25, 0.3) is 22.5 Å². The van der Waals surface area contributed by atoms with Gasteiger partial charge in [0, 0.05) is 23.8 Å². The number of hydrogen-bond donors (Lipinski definition) is 2. The average Bonchev–Trinajstić information content (AvgIpc) is 3.27. The van der Waals surface area contributed by atoms with Crippen molar-refractivity contribution in [1.29, 1.82) is 0 Å². The zero-order valence-corrected chi connectivity index (χ0v) is 31.0. The van der Waals surface area contributed by atoms with E-state index in [-0.39, 0.29) is 72.8 Å². The second kappa shape index (κ2) is 13.2. The zero-order chi connectivity index (χ0) is 35.5. The lowest BCUT2D eigenvalue weighted by atomic mass is 9.59. The Morgan fingerprint density at radius 1 is 0.979 bits per heavy atom. The lowest BCUT2D eigenvalue weighted by Crippen LogP contribution is -2.49. The van der Waals surface area contributed by atoms with E-state index in [4.69, 9.17) is 45.3 Å². The zero-order valence-electron chi connectivity index (χ0n) is 28.7. The predicted octanol–water partition coefficient (Wildman–Crippen LogP) is 9.12. The van der Waals surface area contributed by atoms with Gasteiger partial charge in [-0.3, -0.25) is 4.79 Å². The van der Waals surface area contributed by atoms with Crippen molar-refractivity contribution in [3.63, 3.8) is 0 Å². The Morgan fingerprint density at radius 2 is 1.56 bits per heavy atom. The number of carbonyl (C=O) groups is 1. The molecule has 2 heterocycles. The van der Waals surface area contributed by atoms with Crippen LogP contribution in [0.15, 0.2) is 47.3 Å². The molecular weight excluding hydrogens is 669 g/mol. The Labute approximate surface area is 297 Å². The first-order valence-electron chi connectivity index (χ1n) is 16.3. The highest BCUT2D eigenvalue weighted by atomic mass is 35.5. The van der Waals surface area contributed by atoms with Crippen LogP contribution >= 0.6 is 34.8 Å². The van der Waals surface area contributed by atoms with Gasteiger partial charge in [0.2, 0.25) is 0 Å². The van der Waals surface area contributed by atoms with Gasteiger partial charge in [-0.2, -0.15) is 0 Å². The predicted molar refractivity (Wildman–Crippen MR) is 196 cm³/mol. The minimum absolute atomic E-state index is 0.00861. The number of aliphatic hydroxyl groups is 1. The summed E-state index contributed by atoms with van der Waals surface area (Å²) < 4.78 is 7.69. The number of halogens is 3. The van der Waals surface area contributed by atoms with E-state index in [1.54, 1.807) is 18.2 Å². The van der Waals surface area contributed by atoms with E-state index in [0.29, 0.717) is 16.5 Å². The van der Waals surface area contributed by atoms with Crippen LogP contribution in [0.3, 0.4) is 0 Å². The van der Waals surface area contributed by atoms with Gasteiger partial charge in [-0.15, -0.1) is 0 Å². The van der Waals surface area contributed by atoms with Gasteiger partial charge in [0.05, 0.1) is 10.0 Å². The molecule has 7 nitrogen and oxygen atoms in total. The maximum atomic E-state index is 14.6. The first kappa shape index (κ1) is 36.0. The van der Waals surface area contributed by atoms with Crippen LogP contribution in [0.2, 0.25) is 15.2 Å². The quantitative estimate of drug-likeness (QED) is 0.200. The molecule has 2 atom stereocenters. The van der Waals surface area contributed by atoms with E-state index in [1.165, 1.54) is 0 Å². The van der Waals surface area contributed by atoms with Crippen LogP contribution in [0.1, 0.15) is 82.8 Å². The fourth-order valence-corrected chi connectivity index (χ4v) is 7.79. The van der Waals surface area contributed by atoms with Crippen molar-refractivity contribution in [3.8, 4) is 11.1 Å². The van der Waals surface area contributed by atoms with Crippen molar-refractivity contribution < 1.29 is 14.6 Å². The number of esters is 1. The maximum absolute atomic E-state index is 14.6. The summed E-state index contributed by atoms with van der Waals surface area (Å²) in [7, 11) is 0. The normalized spacial score (nSPS) is 21.0. The highest BCUT2D eigenvalue weighted by molar-refractivity contribution is 6.42. The number of hydrogen-bond acceptors (Lipinski definition) is 6. The van der Waals surface area contributed by atoms with Crippen molar-refractivity contribution in [2.75, 3.05) is 5.73 Å². The summed E-state index contributed by atoms with van der Waals surface area (Å²) in [6.07, 6.45) is 1.43. The summed E-state index contributed by atoms with van der Waals surface area (Å²) in [4.78, 5) is 33.3. The molecule has 5 rings (SSSR count). The SMILES string of the molecule is Cc1ccc(C/C(O)=c2/c(N)nc3c(C(=O)OC4C(C(C)(C)C)CC(C)CC4C(C)(C)C)c(-c4ccc(Cl)c(Cl)c4)c(Cl)n3c2=O)cc1. The highest BCUT2D eigenvalue weighted by Gasteiger charge is 2.48. The second-order valence-electron chi connectivity index (χ2n) is 15.5. The number of benzene rings is 2. The van der Waals surface area contributed by atoms with E-state index < -0.39 is 17.6 Å². The summed E-state index contributed by atoms with van der Waals surface area (Å²) in [6.45, 7) is 17.3. The Morgan fingerprint density at radius 3 is 2.10 bits per heavy atom. The molecule has 0 spiro atoms. The Hall–Kier alpha value is -3.26. The summed E-state index contributed by atoms with van der Waals surface area (Å²) in [6, 6.07) is 12.4. The smallest absolute Gasteiger partial charge is 0.342 e. The number of ether oxygens (including phenoxy) is 1. The number of nitrogens with two attached hydrogens (primary N) is 1. The molecule has 0 amide bonds. The highest BCUT2D eigenvalue weighted by Crippen LogP contribution is 2.50. The van der Waals surface area contributed by atoms with Crippen molar-refractivity contribution in [2.24, 2.45) is 28.6 Å². The van der Waals surface area contributed by atoms with Crippen molar-refractivity contribution >= 4 is 58.0 Å². The molecule has 256 valence electrons. The van der Waals surface area contributed by atoms with E-state index in [0.717, 1.165) is 28.4 Å². The number of aryl methyl sites for hydroxylation is 1. The van der Waals surface area contributed by atoms with Crippen molar-refractivity contribution in [1.82, 2.24) is 9.38 Å². The second-order valence-corrected chi connectivity index (χ2v) is 16.7. The summed E-state index contributed by atoms with van der Waals surface area (Å²) in [5.74, 6) is -0.571. The van der Waals surface area contributed by atoms with Gasteiger partial charge in [0.25, 0.3) is 5.56 Å². The summed E-state index contributed by atoms with van der Waals surface area (Å²) in [5, 5.41) is 11.5. The fraction of sp³-hybridized carbons (Fsp3) is 0.447. The van der Waals surface area contributed by atoms with Gasteiger partial charge < -0.3 is 15.6 Å². The van der Waals surface area contributed by atoms with Crippen LogP contribution < -0.4 is 16.5 Å². The molecule has 2 aromatic carbocycles. The van der Waals surface area contributed by atoms with E-state index in [1.807, 2.05) is 31.2 Å². The number of rotatable bonds is 5. The topological polar surface area (TPSA) is 107 Å². The Balaban J connectivity index is 1.75.